The Balaban J connectivity index is 2.31. The van der Waals surface area contributed by atoms with Crippen molar-refractivity contribution in [3.8, 4) is 0 Å². The monoisotopic (exact) mass is 270 g/mol. The molecule has 102 valence electrons. The minimum absolute atomic E-state index is 0.0881. The second kappa shape index (κ2) is 6.20. The Morgan fingerprint density at radius 2 is 2.22 bits per heavy atom. The van der Waals surface area contributed by atoms with Gasteiger partial charge in [-0.25, -0.2) is 4.79 Å². The summed E-state index contributed by atoms with van der Waals surface area (Å²) in [5.74, 6) is 0. The summed E-state index contributed by atoms with van der Waals surface area (Å²) in [5.41, 5.74) is 6.77. The molecule has 18 heavy (non-hydrogen) atoms. The molecule has 1 atom stereocenters. The molecule has 4 nitrogen and oxygen atoms in total. The minimum atomic E-state index is -0.474. The molecule has 0 aliphatic carbocycles. The van der Waals surface area contributed by atoms with E-state index in [2.05, 4.69) is 23.7 Å². The van der Waals surface area contributed by atoms with E-state index in [0.29, 0.717) is 6.54 Å². The summed E-state index contributed by atoms with van der Waals surface area (Å²) in [7, 11) is 0. The number of hydrogen-bond acceptors (Lipinski definition) is 4. The number of ether oxygens (including phenoxy) is 1. The van der Waals surface area contributed by atoms with Crippen LogP contribution in [0.25, 0.3) is 0 Å². The summed E-state index contributed by atoms with van der Waals surface area (Å²) in [6.45, 7) is 8.00. The van der Waals surface area contributed by atoms with Gasteiger partial charge in [0.25, 0.3) is 0 Å². The highest BCUT2D eigenvalue weighted by molar-refractivity contribution is 7.10. The molecular formula is C13H22N2O2S. The molecule has 0 radical (unpaired) electrons. The van der Waals surface area contributed by atoms with Gasteiger partial charge >= 0.3 is 6.09 Å². The number of hydrogen-bond donors (Lipinski definition) is 2. The van der Waals surface area contributed by atoms with Crippen LogP contribution in [-0.2, 0) is 11.2 Å². The first kappa shape index (κ1) is 15.0. The highest BCUT2D eigenvalue weighted by atomic mass is 32.1. The van der Waals surface area contributed by atoms with Gasteiger partial charge in [-0.05, 0) is 51.1 Å². The number of alkyl carbamates (subject to hydrolysis) is 1. The summed E-state index contributed by atoms with van der Waals surface area (Å²) in [6.07, 6.45) is 0.361. The zero-order chi connectivity index (χ0) is 13.8. The molecule has 1 rings (SSSR count). The second-order valence-corrected chi connectivity index (χ2v) is 6.37. The van der Waals surface area contributed by atoms with E-state index in [-0.39, 0.29) is 6.04 Å². The van der Waals surface area contributed by atoms with Crippen LogP contribution in [0, 0.1) is 6.92 Å². The first-order valence-corrected chi connectivity index (χ1v) is 6.91. The Bertz CT molecular complexity index is 396. The quantitative estimate of drug-likeness (QED) is 0.883. The lowest BCUT2D eigenvalue weighted by Crippen LogP contribution is -2.41. The predicted molar refractivity (Wildman–Crippen MR) is 75.0 cm³/mol. The third kappa shape index (κ3) is 5.51. The van der Waals surface area contributed by atoms with E-state index in [1.54, 1.807) is 11.3 Å². The van der Waals surface area contributed by atoms with Gasteiger partial charge in [0.15, 0.2) is 0 Å². The number of carbonyl (C=O) groups excluding carboxylic acids is 1. The van der Waals surface area contributed by atoms with Crippen molar-refractivity contribution in [2.24, 2.45) is 5.73 Å². The third-order valence-electron chi connectivity index (χ3n) is 2.32. The van der Waals surface area contributed by atoms with Gasteiger partial charge in [0.2, 0.25) is 0 Å². The van der Waals surface area contributed by atoms with Crippen molar-refractivity contribution in [3.05, 3.63) is 21.9 Å². The smallest absolute Gasteiger partial charge is 0.407 e. The molecule has 3 N–H and O–H groups in total. The molecule has 1 heterocycles. The average molecular weight is 270 g/mol. The summed E-state index contributed by atoms with van der Waals surface area (Å²) < 4.78 is 5.14. The Morgan fingerprint density at radius 3 is 2.72 bits per heavy atom. The zero-order valence-electron chi connectivity index (χ0n) is 11.4. The highest BCUT2D eigenvalue weighted by Crippen LogP contribution is 2.16. The summed E-state index contributed by atoms with van der Waals surface area (Å²) in [5, 5.41) is 4.74. The van der Waals surface area contributed by atoms with Crippen LogP contribution < -0.4 is 11.1 Å². The van der Waals surface area contributed by atoms with Gasteiger partial charge < -0.3 is 15.8 Å². The molecule has 1 aromatic rings. The maximum Gasteiger partial charge on any atom is 0.407 e. The first-order chi connectivity index (χ1) is 8.28. The van der Waals surface area contributed by atoms with E-state index in [9.17, 15) is 4.79 Å². The molecule has 0 fully saturated rings. The molecule has 1 amide bonds. The fourth-order valence-corrected chi connectivity index (χ4v) is 2.45. The standard InChI is InChI=1S/C13H22N2O2S/c1-9-5-6-18-11(9)7-10(14)8-15-12(16)17-13(2,3)4/h5-6,10H,7-8,14H2,1-4H3,(H,15,16). The Kier molecular flexibility index (Phi) is 5.16. The van der Waals surface area contributed by atoms with Crippen LogP contribution in [0.15, 0.2) is 11.4 Å². The molecule has 0 aliphatic rings. The van der Waals surface area contributed by atoms with E-state index in [1.165, 1.54) is 10.4 Å². The van der Waals surface area contributed by atoms with Gasteiger partial charge in [0.1, 0.15) is 5.60 Å². The van der Waals surface area contributed by atoms with Crippen molar-refractivity contribution < 1.29 is 9.53 Å². The van der Waals surface area contributed by atoms with Gasteiger partial charge in [0, 0.05) is 17.5 Å². The predicted octanol–water partition coefficient (Wildman–Crippen LogP) is 2.45. The van der Waals surface area contributed by atoms with E-state index < -0.39 is 11.7 Å². The lowest BCUT2D eigenvalue weighted by atomic mass is 10.1. The summed E-state index contributed by atoms with van der Waals surface area (Å²) >= 11 is 1.70. The van der Waals surface area contributed by atoms with Crippen LogP contribution >= 0.6 is 11.3 Å². The number of carbonyl (C=O) groups is 1. The van der Waals surface area contributed by atoms with Crippen molar-refractivity contribution >= 4 is 17.4 Å². The maximum atomic E-state index is 11.4. The highest BCUT2D eigenvalue weighted by Gasteiger charge is 2.16. The summed E-state index contributed by atoms with van der Waals surface area (Å²) in [6, 6.07) is 1.99. The molecule has 0 aliphatic heterocycles. The number of thiophene rings is 1. The van der Waals surface area contributed by atoms with Gasteiger partial charge in [-0.1, -0.05) is 0 Å². The number of aryl methyl sites for hydroxylation is 1. The Labute approximate surface area is 113 Å². The number of nitrogens with one attached hydrogen (secondary N) is 1. The van der Waals surface area contributed by atoms with Crippen LogP contribution in [0.1, 0.15) is 31.2 Å². The van der Waals surface area contributed by atoms with Gasteiger partial charge in [-0.15, -0.1) is 11.3 Å². The fourth-order valence-electron chi connectivity index (χ4n) is 1.45. The van der Waals surface area contributed by atoms with Crippen molar-refractivity contribution in [1.82, 2.24) is 5.32 Å². The Morgan fingerprint density at radius 1 is 1.56 bits per heavy atom. The van der Waals surface area contributed by atoms with Crippen LogP contribution in [0.3, 0.4) is 0 Å². The van der Waals surface area contributed by atoms with E-state index in [4.69, 9.17) is 10.5 Å². The van der Waals surface area contributed by atoms with Gasteiger partial charge in [-0.3, -0.25) is 0 Å². The Hall–Kier alpha value is -1.07. The van der Waals surface area contributed by atoms with Gasteiger partial charge in [-0.2, -0.15) is 0 Å². The molecule has 0 saturated heterocycles. The third-order valence-corrected chi connectivity index (χ3v) is 3.37. The van der Waals surface area contributed by atoms with Crippen LogP contribution in [0.2, 0.25) is 0 Å². The van der Waals surface area contributed by atoms with E-state index in [0.717, 1.165) is 6.42 Å². The molecule has 5 heteroatoms. The molecule has 0 spiro atoms. The topological polar surface area (TPSA) is 64.3 Å². The van der Waals surface area contributed by atoms with Crippen LogP contribution in [0.4, 0.5) is 4.79 Å². The number of amides is 1. The number of rotatable bonds is 4. The van der Waals surface area contributed by atoms with Crippen LogP contribution in [-0.4, -0.2) is 24.3 Å². The molecular weight excluding hydrogens is 248 g/mol. The van der Waals surface area contributed by atoms with Crippen LogP contribution in [0.5, 0.6) is 0 Å². The number of nitrogens with two attached hydrogens (primary N) is 1. The lowest BCUT2D eigenvalue weighted by Gasteiger charge is -2.20. The molecule has 0 bridgehead atoms. The van der Waals surface area contributed by atoms with Gasteiger partial charge in [0.05, 0.1) is 0 Å². The second-order valence-electron chi connectivity index (χ2n) is 5.37. The van der Waals surface area contributed by atoms with Crippen molar-refractivity contribution in [3.63, 3.8) is 0 Å². The first-order valence-electron chi connectivity index (χ1n) is 6.03. The maximum absolute atomic E-state index is 11.4. The average Bonchev–Trinajstić information content (AvgIpc) is 2.59. The van der Waals surface area contributed by atoms with Crippen molar-refractivity contribution in [2.45, 2.75) is 45.8 Å². The molecule has 0 aromatic carbocycles. The normalized spacial score (nSPS) is 13.2. The van der Waals surface area contributed by atoms with E-state index >= 15 is 0 Å². The van der Waals surface area contributed by atoms with Crippen molar-refractivity contribution in [2.75, 3.05) is 6.54 Å². The lowest BCUT2D eigenvalue weighted by molar-refractivity contribution is 0.0524. The van der Waals surface area contributed by atoms with E-state index in [1.807, 2.05) is 20.8 Å². The molecule has 1 unspecified atom stereocenters. The minimum Gasteiger partial charge on any atom is -0.444 e. The fraction of sp³-hybridized carbons (Fsp3) is 0.615. The molecule has 1 aromatic heterocycles. The zero-order valence-corrected chi connectivity index (χ0v) is 12.3. The largest absolute Gasteiger partial charge is 0.444 e. The SMILES string of the molecule is Cc1ccsc1CC(N)CNC(=O)OC(C)(C)C. The van der Waals surface area contributed by atoms with Crippen molar-refractivity contribution in [1.29, 1.82) is 0 Å². The molecule has 0 saturated carbocycles. The summed E-state index contributed by atoms with van der Waals surface area (Å²) in [4.78, 5) is 12.7.